The van der Waals surface area contributed by atoms with Gasteiger partial charge in [0.15, 0.2) is 0 Å². The van der Waals surface area contributed by atoms with Crippen LogP contribution in [0.1, 0.15) is 52.4 Å². The van der Waals surface area contributed by atoms with Gasteiger partial charge in [-0.15, -0.1) is 0 Å². The zero-order chi connectivity index (χ0) is 14.4. The van der Waals surface area contributed by atoms with Gasteiger partial charge in [0.1, 0.15) is 0 Å². The van der Waals surface area contributed by atoms with Gasteiger partial charge in [0.05, 0.1) is 0 Å². The summed E-state index contributed by atoms with van der Waals surface area (Å²) in [6.45, 7) is 9.56. The molecule has 0 bridgehead atoms. The number of nitrogens with zero attached hydrogens (tertiary/aromatic N) is 2. The summed E-state index contributed by atoms with van der Waals surface area (Å²) in [5, 5.41) is 3.22. The molecule has 1 heterocycles. The van der Waals surface area contributed by atoms with Crippen LogP contribution in [0.2, 0.25) is 0 Å². The van der Waals surface area contributed by atoms with E-state index in [-0.39, 0.29) is 6.03 Å². The van der Waals surface area contributed by atoms with Crippen LogP contribution >= 0.6 is 0 Å². The SMILES string of the molecule is CC(C)CCN1CCN(C(=O)NC2CCCCC2)CC1. The van der Waals surface area contributed by atoms with Crippen LogP contribution in [0.15, 0.2) is 0 Å². The molecule has 0 aromatic carbocycles. The number of hydrogen-bond donors (Lipinski definition) is 1. The van der Waals surface area contributed by atoms with E-state index in [2.05, 4.69) is 24.1 Å². The van der Waals surface area contributed by atoms with Gasteiger partial charge in [-0.05, 0) is 31.7 Å². The summed E-state index contributed by atoms with van der Waals surface area (Å²) in [6, 6.07) is 0.593. The Morgan fingerprint density at radius 3 is 2.35 bits per heavy atom. The van der Waals surface area contributed by atoms with E-state index in [1.54, 1.807) is 0 Å². The first kappa shape index (κ1) is 15.6. The molecule has 0 spiro atoms. The molecular formula is C16H31N3O. The van der Waals surface area contributed by atoms with Crippen LogP contribution in [-0.4, -0.2) is 54.6 Å². The van der Waals surface area contributed by atoms with Crippen LogP contribution in [0.3, 0.4) is 0 Å². The molecule has 4 heteroatoms. The van der Waals surface area contributed by atoms with E-state index in [0.717, 1.165) is 32.1 Å². The molecule has 1 aliphatic heterocycles. The molecule has 0 aromatic heterocycles. The van der Waals surface area contributed by atoms with Crippen molar-refractivity contribution < 1.29 is 4.79 Å². The molecule has 2 amide bonds. The van der Waals surface area contributed by atoms with Gasteiger partial charge in [-0.25, -0.2) is 4.79 Å². The van der Waals surface area contributed by atoms with E-state index in [9.17, 15) is 4.79 Å². The van der Waals surface area contributed by atoms with Gasteiger partial charge in [-0.1, -0.05) is 33.1 Å². The molecule has 116 valence electrons. The van der Waals surface area contributed by atoms with Crippen LogP contribution in [0.25, 0.3) is 0 Å². The minimum atomic E-state index is 0.167. The van der Waals surface area contributed by atoms with E-state index in [0.29, 0.717) is 6.04 Å². The number of hydrogen-bond acceptors (Lipinski definition) is 2. The maximum absolute atomic E-state index is 12.2. The van der Waals surface area contributed by atoms with Crippen molar-refractivity contribution in [3.8, 4) is 0 Å². The molecule has 1 saturated carbocycles. The Labute approximate surface area is 123 Å². The van der Waals surface area contributed by atoms with Crippen molar-refractivity contribution in [2.45, 2.75) is 58.4 Å². The molecule has 1 aliphatic carbocycles. The van der Waals surface area contributed by atoms with Crippen LogP contribution in [-0.2, 0) is 0 Å². The molecule has 2 aliphatic rings. The molecule has 1 saturated heterocycles. The second-order valence-electron chi connectivity index (χ2n) is 6.80. The average molecular weight is 281 g/mol. The Morgan fingerprint density at radius 1 is 1.10 bits per heavy atom. The summed E-state index contributed by atoms with van der Waals surface area (Å²) in [4.78, 5) is 16.7. The van der Waals surface area contributed by atoms with Gasteiger partial charge in [0.2, 0.25) is 0 Å². The molecule has 4 nitrogen and oxygen atoms in total. The minimum absolute atomic E-state index is 0.167. The van der Waals surface area contributed by atoms with Crippen LogP contribution < -0.4 is 5.32 Å². The Morgan fingerprint density at radius 2 is 1.75 bits per heavy atom. The summed E-state index contributed by atoms with van der Waals surface area (Å²) in [6.07, 6.45) is 7.47. The molecule has 20 heavy (non-hydrogen) atoms. The number of rotatable bonds is 4. The zero-order valence-corrected chi connectivity index (χ0v) is 13.2. The second kappa shape index (κ2) is 7.87. The van der Waals surface area contributed by atoms with E-state index in [4.69, 9.17) is 0 Å². The Balaban J connectivity index is 1.66. The normalized spacial score (nSPS) is 22.2. The highest BCUT2D eigenvalue weighted by atomic mass is 16.2. The Kier molecular flexibility index (Phi) is 6.14. The molecule has 0 radical (unpaired) electrons. The van der Waals surface area contributed by atoms with Gasteiger partial charge in [-0.2, -0.15) is 0 Å². The Hall–Kier alpha value is -0.770. The third-order valence-electron chi connectivity index (χ3n) is 4.61. The predicted molar refractivity (Wildman–Crippen MR) is 82.9 cm³/mol. The first-order chi connectivity index (χ1) is 9.65. The molecule has 0 atom stereocenters. The van der Waals surface area contributed by atoms with Crippen molar-refractivity contribution in [2.75, 3.05) is 32.7 Å². The molecular weight excluding hydrogens is 250 g/mol. The fourth-order valence-corrected chi connectivity index (χ4v) is 3.13. The first-order valence-corrected chi connectivity index (χ1v) is 8.43. The molecule has 2 fully saturated rings. The van der Waals surface area contributed by atoms with Gasteiger partial charge in [-0.3, -0.25) is 4.90 Å². The topological polar surface area (TPSA) is 35.6 Å². The Bertz CT molecular complexity index is 292. The van der Waals surface area contributed by atoms with Crippen LogP contribution in [0, 0.1) is 5.92 Å². The van der Waals surface area contributed by atoms with Gasteiger partial charge in [0.25, 0.3) is 0 Å². The standard InChI is InChI=1S/C16H31N3O/c1-14(2)8-9-18-10-12-19(13-11-18)16(20)17-15-6-4-3-5-7-15/h14-15H,3-13H2,1-2H3,(H,17,20). The molecule has 2 rings (SSSR count). The van der Waals surface area contributed by atoms with E-state index in [1.165, 1.54) is 45.1 Å². The van der Waals surface area contributed by atoms with Crippen molar-refractivity contribution in [1.29, 1.82) is 0 Å². The third-order valence-corrected chi connectivity index (χ3v) is 4.61. The van der Waals surface area contributed by atoms with Crippen molar-refractivity contribution in [3.63, 3.8) is 0 Å². The summed E-state index contributed by atoms with van der Waals surface area (Å²) >= 11 is 0. The van der Waals surface area contributed by atoms with Crippen molar-refractivity contribution in [2.24, 2.45) is 5.92 Å². The first-order valence-electron chi connectivity index (χ1n) is 8.43. The monoisotopic (exact) mass is 281 g/mol. The highest BCUT2D eigenvalue weighted by Gasteiger charge is 2.23. The van der Waals surface area contributed by atoms with Crippen molar-refractivity contribution in [3.05, 3.63) is 0 Å². The predicted octanol–water partition coefficient (Wildman–Crippen LogP) is 2.69. The fraction of sp³-hybridized carbons (Fsp3) is 0.938. The molecule has 0 aromatic rings. The van der Waals surface area contributed by atoms with E-state index >= 15 is 0 Å². The molecule has 0 unspecified atom stereocenters. The zero-order valence-electron chi connectivity index (χ0n) is 13.2. The average Bonchev–Trinajstić information content (AvgIpc) is 2.46. The quantitative estimate of drug-likeness (QED) is 0.860. The van der Waals surface area contributed by atoms with Crippen molar-refractivity contribution >= 4 is 6.03 Å². The molecule has 1 N–H and O–H groups in total. The van der Waals surface area contributed by atoms with Gasteiger partial charge in [0, 0.05) is 32.2 Å². The third kappa shape index (κ3) is 4.97. The number of nitrogens with one attached hydrogen (secondary N) is 1. The number of amides is 2. The van der Waals surface area contributed by atoms with Crippen LogP contribution in [0.4, 0.5) is 4.79 Å². The van der Waals surface area contributed by atoms with Gasteiger partial charge < -0.3 is 10.2 Å². The maximum atomic E-state index is 12.2. The minimum Gasteiger partial charge on any atom is -0.335 e. The number of carbonyl (C=O) groups excluding carboxylic acids is 1. The van der Waals surface area contributed by atoms with E-state index < -0.39 is 0 Å². The number of piperazine rings is 1. The largest absolute Gasteiger partial charge is 0.335 e. The fourth-order valence-electron chi connectivity index (χ4n) is 3.13. The maximum Gasteiger partial charge on any atom is 0.317 e. The van der Waals surface area contributed by atoms with Crippen molar-refractivity contribution in [1.82, 2.24) is 15.1 Å². The lowest BCUT2D eigenvalue weighted by molar-refractivity contribution is 0.132. The number of carbonyl (C=O) groups is 1. The summed E-state index contributed by atoms with van der Waals surface area (Å²) < 4.78 is 0. The van der Waals surface area contributed by atoms with Gasteiger partial charge >= 0.3 is 6.03 Å². The lowest BCUT2D eigenvalue weighted by atomic mass is 9.96. The highest BCUT2D eigenvalue weighted by Crippen LogP contribution is 2.17. The lowest BCUT2D eigenvalue weighted by Gasteiger charge is -2.36. The highest BCUT2D eigenvalue weighted by molar-refractivity contribution is 5.74. The van der Waals surface area contributed by atoms with Crippen LogP contribution in [0.5, 0.6) is 0 Å². The summed E-state index contributed by atoms with van der Waals surface area (Å²) in [7, 11) is 0. The van der Waals surface area contributed by atoms with E-state index in [1.807, 2.05) is 4.90 Å². The smallest absolute Gasteiger partial charge is 0.317 e. The lowest BCUT2D eigenvalue weighted by Crippen LogP contribution is -2.53. The number of urea groups is 1. The summed E-state index contributed by atoms with van der Waals surface area (Å²) in [5.41, 5.74) is 0. The second-order valence-corrected chi connectivity index (χ2v) is 6.80. The summed E-state index contributed by atoms with van der Waals surface area (Å²) in [5.74, 6) is 0.766.